The third kappa shape index (κ3) is 5.30. The predicted molar refractivity (Wildman–Crippen MR) is 54.5 cm³/mol. The molecule has 0 bridgehead atoms. The number of likely N-dealkylation sites (N-methyl/N-ethyl adjacent to an activating group) is 1. The second-order valence-electron chi connectivity index (χ2n) is 3.00. The molecular weight excluding hydrogens is 216 g/mol. The van der Waals surface area contributed by atoms with Crippen LogP contribution in [0.1, 0.15) is 0 Å². The first-order valence-electron chi connectivity index (χ1n) is 4.62. The summed E-state index contributed by atoms with van der Waals surface area (Å²) in [5.41, 5.74) is 0. The molecule has 0 aliphatic heterocycles. The van der Waals surface area contributed by atoms with Crippen molar-refractivity contribution in [1.29, 1.82) is 0 Å². The zero-order valence-corrected chi connectivity index (χ0v) is 9.61. The molecule has 1 N–H and O–H groups in total. The lowest BCUT2D eigenvalue weighted by atomic mass is 10.4. The first kappa shape index (κ1) is 14.4. The van der Waals surface area contributed by atoms with E-state index in [2.05, 4.69) is 10.1 Å². The van der Waals surface area contributed by atoms with Gasteiger partial charge in [-0.05, 0) is 0 Å². The number of methoxy groups -OCH3 is 2. The first-order chi connectivity index (χ1) is 7.52. The van der Waals surface area contributed by atoms with Gasteiger partial charge in [0.25, 0.3) is 0 Å². The lowest BCUT2D eigenvalue weighted by molar-refractivity contribution is -0.157. The van der Waals surface area contributed by atoms with Crippen LogP contribution in [0.5, 0.6) is 0 Å². The maximum atomic E-state index is 11.2. The van der Waals surface area contributed by atoms with E-state index in [1.807, 2.05) is 0 Å². The Morgan fingerprint density at radius 1 is 1.25 bits per heavy atom. The highest BCUT2D eigenvalue weighted by molar-refractivity contribution is 6.32. The van der Waals surface area contributed by atoms with Crippen molar-refractivity contribution in [2.45, 2.75) is 0 Å². The molecule has 0 rings (SSSR count). The molecule has 2 amide bonds. The van der Waals surface area contributed by atoms with E-state index in [0.29, 0.717) is 13.2 Å². The monoisotopic (exact) mass is 232 g/mol. The third-order valence-corrected chi connectivity index (χ3v) is 1.72. The van der Waals surface area contributed by atoms with Crippen molar-refractivity contribution in [1.82, 2.24) is 10.2 Å². The van der Waals surface area contributed by atoms with Crippen molar-refractivity contribution >= 4 is 17.8 Å². The normalized spacial score (nSPS) is 9.44. The summed E-state index contributed by atoms with van der Waals surface area (Å²) < 4.78 is 8.96. The van der Waals surface area contributed by atoms with Gasteiger partial charge in [-0.25, -0.2) is 4.79 Å². The smallest absolute Gasteiger partial charge is 0.396 e. The molecule has 7 nitrogen and oxygen atoms in total. The average molecular weight is 232 g/mol. The second kappa shape index (κ2) is 7.63. The van der Waals surface area contributed by atoms with Gasteiger partial charge in [-0.3, -0.25) is 9.59 Å². The van der Waals surface area contributed by atoms with Crippen LogP contribution in [-0.2, 0) is 23.9 Å². The molecule has 92 valence electrons. The van der Waals surface area contributed by atoms with Gasteiger partial charge in [0.15, 0.2) is 0 Å². The molecule has 0 aromatic rings. The lowest BCUT2D eigenvalue weighted by Gasteiger charge is -2.14. The van der Waals surface area contributed by atoms with Gasteiger partial charge in [0.1, 0.15) is 0 Å². The fourth-order valence-corrected chi connectivity index (χ4v) is 0.879. The molecule has 0 saturated carbocycles. The van der Waals surface area contributed by atoms with E-state index >= 15 is 0 Å². The van der Waals surface area contributed by atoms with Crippen molar-refractivity contribution in [2.24, 2.45) is 0 Å². The Hall–Kier alpha value is -1.63. The van der Waals surface area contributed by atoms with Crippen LogP contribution >= 0.6 is 0 Å². The van der Waals surface area contributed by atoms with E-state index in [1.165, 1.54) is 14.2 Å². The summed E-state index contributed by atoms with van der Waals surface area (Å²) in [6, 6.07) is 0. The van der Waals surface area contributed by atoms with Crippen LogP contribution in [-0.4, -0.2) is 63.6 Å². The molecule has 0 atom stereocenters. The summed E-state index contributed by atoms with van der Waals surface area (Å²) >= 11 is 0. The summed E-state index contributed by atoms with van der Waals surface area (Å²) in [5, 5.41) is 2.52. The van der Waals surface area contributed by atoms with E-state index in [9.17, 15) is 14.4 Å². The molecule has 0 saturated heterocycles. The van der Waals surface area contributed by atoms with Crippen molar-refractivity contribution in [3.05, 3.63) is 0 Å². The third-order valence-electron chi connectivity index (χ3n) is 1.72. The van der Waals surface area contributed by atoms with Gasteiger partial charge in [0.2, 0.25) is 5.91 Å². The summed E-state index contributed by atoms with van der Waals surface area (Å²) in [6.07, 6.45) is 0. The lowest BCUT2D eigenvalue weighted by Crippen LogP contribution is -2.42. The summed E-state index contributed by atoms with van der Waals surface area (Å²) in [5.74, 6) is -2.21. The SMILES string of the molecule is COCCNC(=O)CN(C)C(=O)C(=O)OC. The molecule has 0 unspecified atom stereocenters. The largest absolute Gasteiger partial charge is 0.462 e. The van der Waals surface area contributed by atoms with Crippen molar-refractivity contribution < 1.29 is 23.9 Å². The fraction of sp³-hybridized carbons (Fsp3) is 0.667. The molecule has 0 aliphatic rings. The minimum atomic E-state index is -0.993. The van der Waals surface area contributed by atoms with Gasteiger partial charge < -0.3 is 19.7 Å². The van der Waals surface area contributed by atoms with Crippen LogP contribution in [0.25, 0.3) is 0 Å². The topological polar surface area (TPSA) is 84.9 Å². The standard InChI is InChI=1S/C9H16N2O5/c1-11(8(13)9(14)16-3)6-7(12)10-4-5-15-2/h4-6H2,1-3H3,(H,10,12). The zero-order valence-electron chi connectivity index (χ0n) is 9.61. The maximum absolute atomic E-state index is 11.2. The van der Waals surface area contributed by atoms with E-state index < -0.39 is 11.9 Å². The minimum Gasteiger partial charge on any atom is -0.462 e. The number of ether oxygens (including phenoxy) is 2. The average Bonchev–Trinajstić information content (AvgIpc) is 2.27. The number of carbonyl (C=O) groups is 3. The molecule has 0 aromatic carbocycles. The van der Waals surface area contributed by atoms with Gasteiger partial charge in [-0.15, -0.1) is 0 Å². The van der Waals surface area contributed by atoms with Crippen LogP contribution in [0.4, 0.5) is 0 Å². The van der Waals surface area contributed by atoms with Gasteiger partial charge >= 0.3 is 11.9 Å². The molecule has 0 radical (unpaired) electrons. The summed E-state index contributed by atoms with van der Waals surface area (Å²) in [7, 11) is 3.96. The molecular formula is C9H16N2O5. The Morgan fingerprint density at radius 3 is 2.38 bits per heavy atom. The van der Waals surface area contributed by atoms with Crippen LogP contribution in [0, 0.1) is 0 Å². The van der Waals surface area contributed by atoms with Crippen molar-refractivity contribution in [2.75, 3.05) is 41.0 Å². The van der Waals surface area contributed by atoms with E-state index in [4.69, 9.17) is 4.74 Å². The predicted octanol–water partition coefficient (Wildman–Crippen LogP) is -1.62. The van der Waals surface area contributed by atoms with Gasteiger partial charge in [0.05, 0.1) is 20.3 Å². The number of hydrogen-bond acceptors (Lipinski definition) is 5. The van der Waals surface area contributed by atoms with Crippen molar-refractivity contribution in [3.8, 4) is 0 Å². The van der Waals surface area contributed by atoms with Crippen LogP contribution in [0.15, 0.2) is 0 Å². The van der Waals surface area contributed by atoms with E-state index in [-0.39, 0.29) is 12.5 Å². The highest BCUT2D eigenvalue weighted by Crippen LogP contribution is 1.87. The number of nitrogens with zero attached hydrogens (tertiary/aromatic N) is 1. The highest BCUT2D eigenvalue weighted by Gasteiger charge is 2.20. The van der Waals surface area contributed by atoms with Crippen LogP contribution in [0.3, 0.4) is 0 Å². The fourth-order valence-electron chi connectivity index (χ4n) is 0.879. The molecule has 0 aromatic heterocycles. The molecule has 0 spiro atoms. The van der Waals surface area contributed by atoms with E-state index in [0.717, 1.165) is 12.0 Å². The number of amides is 2. The number of carbonyl (C=O) groups excluding carboxylic acids is 3. The molecule has 0 aliphatic carbocycles. The second-order valence-corrected chi connectivity index (χ2v) is 3.00. The first-order valence-corrected chi connectivity index (χ1v) is 4.62. The minimum absolute atomic E-state index is 0.197. The maximum Gasteiger partial charge on any atom is 0.396 e. The molecule has 0 fully saturated rings. The Bertz CT molecular complexity index is 267. The van der Waals surface area contributed by atoms with Crippen LogP contribution in [0.2, 0.25) is 0 Å². The zero-order chi connectivity index (χ0) is 12.6. The summed E-state index contributed by atoms with van der Waals surface area (Å²) in [4.78, 5) is 34.2. The molecule has 7 heteroatoms. The molecule has 16 heavy (non-hydrogen) atoms. The van der Waals surface area contributed by atoms with Gasteiger partial charge in [-0.1, -0.05) is 0 Å². The Kier molecular flexibility index (Phi) is 6.86. The summed E-state index contributed by atoms with van der Waals surface area (Å²) in [6.45, 7) is 0.549. The highest BCUT2D eigenvalue weighted by atomic mass is 16.5. The van der Waals surface area contributed by atoms with Crippen LogP contribution < -0.4 is 5.32 Å². The number of rotatable bonds is 5. The Balaban J connectivity index is 3.94. The Labute approximate surface area is 93.7 Å². The van der Waals surface area contributed by atoms with Gasteiger partial charge in [-0.2, -0.15) is 0 Å². The molecule has 0 heterocycles. The van der Waals surface area contributed by atoms with E-state index in [1.54, 1.807) is 0 Å². The number of esters is 1. The van der Waals surface area contributed by atoms with Crippen molar-refractivity contribution in [3.63, 3.8) is 0 Å². The quantitative estimate of drug-likeness (QED) is 0.350. The number of nitrogens with one attached hydrogen (secondary N) is 1. The Morgan fingerprint density at radius 2 is 1.88 bits per heavy atom. The number of hydrogen-bond donors (Lipinski definition) is 1. The van der Waals surface area contributed by atoms with Gasteiger partial charge in [0, 0.05) is 20.7 Å².